The quantitative estimate of drug-likeness (QED) is 0.468. The fourth-order valence-corrected chi connectivity index (χ4v) is 5.08. The number of pyridine rings is 1. The number of rotatable bonds is 7. The van der Waals surface area contributed by atoms with Gasteiger partial charge in [-0.3, -0.25) is 14.5 Å². The van der Waals surface area contributed by atoms with Crippen molar-refractivity contribution < 1.29 is 4.79 Å². The molecule has 1 aromatic carbocycles. The first-order chi connectivity index (χ1) is 18.8. The van der Waals surface area contributed by atoms with Gasteiger partial charge in [-0.2, -0.15) is 4.98 Å². The number of fused-ring (bicyclic) bond motifs is 1. The molecule has 1 aliphatic heterocycles. The molecule has 0 spiro atoms. The number of anilines is 2. The molecule has 204 valence electrons. The number of carbonyl (C=O) groups is 1. The zero-order valence-electron chi connectivity index (χ0n) is 22.6. The van der Waals surface area contributed by atoms with E-state index in [0.717, 1.165) is 71.1 Å². The Morgan fingerprint density at radius 3 is 2.59 bits per heavy atom. The third-order valence-electron chi connectivity index (χ3n) is 7.39. The summed E-state index contributed by atoms with van der Waals surface area (Å²) < 4.78 is 1.58. The molecule has 0 radical (unpaired) electrons. The van der Waals surface area contributed by atoms with Crippen LogP contribution in [0.3, 0.4) is 0 Å². The number of piperazine rings is 1. The molecule has 1 saturated heterocycles. The first kappa shape index (κ1) is 26.9. The molecule has 3 heterocycles. The van der Waals surface area contributed by atoms with Crippen molar-refractivity contribution in [1.29, 1.82) is 0 Å². The molecule has 0 saturated carbocycles. The van der Waals surface area contributed by atoms with Crippen LogP contribution in [0, 0.1) is 5.92 Å². The van der Waals surface area contributed by atoms with Crippen LogP contribution in [0.4, 0.5) is 11.8 Å². The fourth-order valence-electron chi connectivity index (χ4n) is 4.85. The SMILES string of the molecule is CNC(=O)CN1CCN(c2nc(NCC3=CCC(C)C(Cl)=C3)c3cc(-c4ccc(=O)n(C)c4)ccc3n2)CC1. The van der Waals surface area contributed by atoms with Gasteiger partial charge >= 0.3 is 0 Å². The Bertz CT molecular complexity index is 1510. The van der Waals surface area contributed by atoms with E-state index in [0.29, 0.717) is 25.0 Å². The first-order valence-corrected chi connectivity index (χ1v) is 13.6. The van der Waals surface area contributed by atoms with Gasteiger partial charge in [0.25, 0.3) is 0 Å². The van der Waals surface area contributed by atoms with Gasteiger partial charge in [-0.05, 0) is 53.3 Å². The van der Waals surface area contributed by atoms with Crippen LogP contribution < -0.4 is 21.1 Å². The molecule has 1 unspecified atom stereocenters. The number of allylic oxidation sites excluding steroid dienone is 2. The van der Waals surface area contributed by atoms with Crippen molar-refractivity contribution in [3.63, 3.8) is 0 Å². The maximum atomic E-state index is 11.9. The number of hydrogen-bond acceptors (Lipinski definition) is 7. The third-order valence-corrected chi connectivity index (χ3v) is 7.87. The molecule has 1 amide bonds. The van der Waals surface area contributed by atoms with Crippen molar-refractivity contribution in [3.8, 4) is 11.1 Å². The minimum absolute atomic E-state index is 0.0201. The van der Waals surface area contributed by atoms with Crippen LogP contribution in [0.15, 0.2) is 64.1 Å². The molecule has 39 heavy (non-hydrogen) atoms. The van der Waals surface area contributed by atoms with Crippen molar-refractivity contribution in [2.45, 2.75) is 13.3 Å². The summed E-state index contributed by atoms with van der Waals surface area (Å²) in [4.78, 5) is 37.9. The summed E-state index contributed by atoms with van der Waals surface area (Å²) in [7, 11) is 3.41. The number of hydrogen-bond donors (Lipinski definition) is 2. The summed E-state index contributed by atoms with van der Waals surface area (Å²) >= 11 is 6.44. The van der Waals surface area contributed by atoms with E-state index in [2.05, 4.69) is 39.5 Å². The van der Waals surface area contributed by atoms with Crippen molar-refractivity contribution in [3.05, 3.63) is 69.6 Å². The topological polar surface area (TPSA) is 95.4 Å². The Morgan fingerprint density at radius 1 is 1.10 bits per heavy atom. The zero-order valence-corrected chi connectivity index (χ0v) is 23.3. The van der Waals surface area contributed by atoms with E-state index < -0.39 is 0 Å². The second-order valence-corrected chi connectivity index (χ2v) is 10.6. The number of benzene rings is 1. The molecular formula is C29H34ClN7O2. The summed E-state index contributed by atoms with van der Waals surface area (Å²) in [5, 5.41) is 8.01. The van der Waals surface area contributed by atoms with Crippen LogP contribution >= 0.6 is 11.6 Å². The maximum Gasteiger partial charge on any atom is 0.250 e. The van der Waals surface area contributed by atoms with E-state index in [1.807, 2.05) is 30.5 Å². The van der Waals surface area contributed by atoms with Crippen LogP contribution in [0.5, 0.6) is 0 Å². The monoisotopic (exact) mass is 547 g/mol. The highest BCUT2D eigenvalue weighted by molar-refractivity contribution is 6.30. The lowest BCUT2D eigenvalue weighted by molar-refractivity contribution is -0.121. The Hall–Kier alpha value is -3.69. The first-order valence-electron chi connectivity index (χ1n) is 13.3. The lowest BCUT2D eigenvalue weighted by Crippen LogP contribution is -2.49. The summed E-state index contributed by atoms with van der Waals surface area (Å²) in [5.41, 5.74) is 3.84. The number of nitrogens with zero attached hydrogens (tertiary/aromatic N) is 5. The highest BCUT2D eigenvalue weighted by atomic mass is 35.5. The van der Waals surface area contributed by atoms with Crippen LogP contribution in [0.1, 0.15) is 13.3 Å². The van der Waals surface area contributed by atoms with Gasteiger partial charge in [-0.25, -0.2) is 4.98 Å². The number of likely N-dealkylation sites (N-methyl/N-ethyl adjacent to an activating group) is 1. The Kier molecular flexibility index (Phi) is 7.99. The predicted molar refractivity (Wildman–Crippen MR) is 157 cm³/mol. The summed E-state index contributed by atoms with van der Waals surface area (Å²) in [5.74, 6) is 1.78. The van der Waals surface area contributed by atoms with E-state index in [1.54, 1.807) is 24.7 Å². The molecular weight excluding hydrogens is 514 g/mol. The van der Waals surface area contributed by atoms with Gasteiger partial charge in [-0.1, -0.05) is 30.7 Å². The molecule has 1 atom stereocenters. The van der Waals surface area contributed by atoms with Crippen LogP contribution in [0.2, 0.25) is 0 Å². The second kappa shape index (κ2) is 11.6. The molecule has 1 aliphatic carbocycles. The molecule has 0 bridgehead atoms. The third kappa shape index (κ3) is 6.15. The summed E-state index contributed by atoms with van der Waals surface area (Å²) in [6.45, 7) is 6.11. The van der Waals surface area contributed by atoms with Gasteiger partial charge in [0.1, 0.15) is 5.82 Å². The average molecular weight is 548 g/mol. The fraction of sp³-hybridized carbons (Fsp3) is 0.379. The van der Waals surface area contributed by atoms with Gasteiger partial charge in [0.2, 0.25) is 17.4 Å². The Morgan fingerprint density at radius 2 is 1.87 bits per heavy atom. The number of aryl methyl sites for hydroxylation is 1. The second-order valence-electron chi connectivity index (χ2n) is 10.2. The molecule has 2 N–H and O–H groups in total. The van der Waals surface area contributed by atoms with Crippen molar-refractivity contribution in [2.75, 3.05) is 56.5 Å². The zero-order chi connectivity index (χ0) is 27.5. The van der Waals surface area contributed by atoms with Gasteiger partial charge in [-0.15, -0.1) is 0 Å². The van der Waals surface area contributed by atoms with E-state index in [9.17, 15) is 9.59 Å². The molecule has 9 nitrogen and oxygen atoms in total. The summed E-state index contributed by atoms with van der Waals surface area (Å²) in [6, 6.07) is 9.52. The minimum Gasteiger partial charge on any atom is -0.365 e. The van der Waals surface area contributed by atoms with E-state index in [4.69, 9.17) is 21.6 Å². The van der Waals surface area contributed by atoms with Crippen molar-refractivity contribution >= 4 is 40.2 Å². The lowest BCUT2D eigenvalue weighted by atomic mass is 9.98. The van der Waals surface area contributed by atoms with E-state index in [1.165, 1.54) is 0 Å². The number of carbonyl (C=O) groups excluding carboxylic acids is 1. The number of aromatic nitrogens is 3. The number of nitrogens with one attached hydrogen (secondary N) is 2. The van der Waals surface area contributed by atoms with E-state index >= 15 is 0 Å². The number of amides is 1. The number of halogens is 1. The molecule has 5 rings (SSSR count). The van der Waals surface area contributed by atoms with Crippen LogP contribution in [0.25, 0.3) is 22.0 Å². The molecule has 3 aromatic rings. The van der Waals surface area contributed by atoms with Crippen molar-refractivity contribution in [1.82, 2.24) is 24.8 Å². The Labute approximate surface area is 233 Å². The minimum atomic E-state index is -0.0490. The van der Waals surface area contributed by atoms with Crippen molar-refractivity contribution in [2.24, 2.45) is 13.0 Å². The highest BCUT2D eigenvalue weighted by Gasteiger charge is 2.22. The smallest absolute Gasteiger partial charge is 0.250 e. The largest absolute Gasteiger partial charge is 0.365 e. The molecule has 2 aliphatic rings. The molecule has 10 heteroatoms. The highest BCUT2D eigenvalue weighted by Crippen LogP contribution is 2.31. The van der Waals surface area contributed by atoms with Gasteiger partial charge in [0, 0.05) is 69.5 Å². The van der Waals surface area contributed by atoms with E-state index in [-0.39, 0.29) is 11.5 Å². The predicted octanol–water partition coefficient (Wildman–Crippen LogP) is 3.36. The van der Waals surface area contributed by atoms with Gasteiger partial charge < -0.3 is 20.1 Å². The van der Waals surface area contributed by atoms with Gasteiger partial charge in [0.15, 0.2) is 0 Å². The molecule has 2 aromatic heterocycles. The van der Waals surface area contributed by atoms with Crippen LogP contribution in [-0.2, 0) is 11.8 Å². The van der Waals surface area contributed by atoms with Crippen LogP contribution in [-0.4, -0.2) is 71.7 Å². The summed E-state index contributed by atoms with van der Waals surface area (Å²) in [6.07, 6.45) is 7.01. The lowest BCUT2D eigenvalue weighted by Gasteiger charge is -2.34. The normalized spacial score (nSPS) is 18.1. The average Bonchev–Trinajstić information content (AvgIpc) is 2.95. The standard InChI is InChI=1S/C29H34ClN7O2/c1-19-4-5-20(14-24(19)30)16-32-28-23-15-21(22-7-9-27(39)35(3)17-22)6-8-25(23)33-29(34-28)37-12-10-36(11-13-37)18-26(38)31-2/h5-9,14-15,17,19H,4,10-13,16,18H2,1-3H3,(H,31,38)(H,32,33,34). The van der Waals surface area contributed by atoms with Gasteiger partial charge in [0.05, 0.1) is 12.1 Å². The Balaban J connectivity index is 1.46. The molecule has 1 fully saturated rings. The maximum absolute atomic E-state index is 11.9.